The standard InChI is InChI=1S/C34H34FN5O5/c35-25-16-23-31-33(30(25)37-9-7-20-4-3-8-36-20)45-29-17-22-21-5-1-2-6-27(21)44-28(22)18-26(29)40(31)19-24(32(23)41)34(42)38-10-11-39-12-14-43-15-13-39/h1-2,5-6,16-20,36-37H,3-4,7-15H2,(H,38,42). The van der Waals surface area contributed by atoms with E-state index in [-0.39, 0.29) is 22.4 Å². The molecule has 0 saturated carbocycles. The van der Waals surface area contributed by atoms with E-state index in [2.05, 4.69) is 20.9 Å². The molecule has 2 fully saturated rings. The summed E-state index contributed by atoms with van der Waals surface area (Å²) in [5.41, 5.74) is 1.93. The van der Waals surface area contributed by atoms with Crippen LogP contribution in [0.1, 0.15) is 29.6 Å². The number of fused-ring (bicyclic) bond motifs is 5. The Hall–Kier alpha value is -4.45. The molecule has 1 atom stereocenters. The molecule has 3 aliphatic heterocycles. The Labute approximate surface area is 258 Å². The zero-order valence-electron chi connectivity index (χ0n) is 24.8. The van der Waals surface area contributed by atoms with Gasteiger partial charge >= 0.3 is 0 Å². The normalized spacial score (nSPS) is 17.9. The molecule has 0 spiro atoms. The first-order valence-electron chi connectivity index (χ1n) is 15.7. The second-order valence-corrected chi connectivity index (χ2v) is 11.9. The Kier molecular flexibility index (Phi) is 7.16. The minimum atomic E-state index is -0.608. The fourth-order valence-corrected chi connectivity index (χ4v) is 6.78. The van der Waals surface area contributed by atoms with Crippen molar-refractivity contribution >= 4 is 44.4 Å². The third-order valence-electron chi connectivity index (χ3n) is 9.14. The van der Waals surface area contributed by atoms with Crippen molar-refractivity contribution in [2.24, 2.45) is 0 Å². The van der Waals surface area contributed by atoms with Gasteiger partial charge in [0.25, 0.3) is 5.91 Å². The van der Waals surface area contributed by atoms with Crippen molar-refractivity contribution in [2.45, 2.75) is 25.3 Å². The van der Waals surface area contributed by atoms with Crippen molar-refractivity contribution in [3.63, 3.8) is 0 Å². The van der Waals surface area contributed by atoms with Crippen molar-refractivity contribution in [3.8, 4) is 17.2 Å². The molecular formula is C34H34FN5O5. The molecule has 3 aliphatic rings. The van der Waals surface area contributed by atoms with E-state index in [9.17, 15) is 9.59 Å². The average Bonchev–Trinajstić information content (AvgIpc) is 3.70. The molecular weight excluding hydrogens is 577 g/mol. The first kappa shape index (κ1) is 28.1. The predicted molar refractivity (Wildman–Crippen MR) is 171 cm³/mol. The van der Waals surface area contributed by atoms with Crippen LogP contribution in [-0.4, -0.2) is 73.9 Å². The molecule has 2 aromatic heterocycles. The maximum Gasteiger partial charge on any atom is 0.256 e. The molecule has 1 amide bonds. The van der Waals surface area contributed by atoms with Gasteiger partial charge in [-0.3, -0.25) is 14.5 Å². The molecule has 11 heteroatoms. The smallest absolute Gasteiger partial charge is 0.256 e. The number of rotatable bonds is 8. The minimum absolute atomic E-state index is 0.0691. The van der Waals surface area contributed by atoms with E-state index in [0.717, 1.165) is 55.3 Å². The van der Waals surface area contributed by atoms with Crippen molar-refractivity contribution < 1.29 is 23.1 Å². The Morgan fingerprint density at radius 2 is 1.91 bits per heavy atom. The molecule has 3 N–H and O–H groups in total. The van der Waals surface area contributed by atoms with Gasteiger partial charge < -0.3 is 34.4 Å². The summed E-state index contributed by atoms with van der Waals surface area (Å²) in [7, 11) is 0. The molecule has 0 bridgehead atoms. The number of carbonyl (C=O) groups excluding carboxylic acids is 1. The first-order valence-corrected chi connectivity index (χ1v) is 15.7. The Balaban J connectivity index is 1.22. The fourth-order valence-electron chi connectivity index (χ4n) is 6.78. The number of para-hydroxylation sites is 1. The summed E-state index contributed by atoms with van der Waals surface area (Å²) < 4.78 is 35.7. The number of pyridine rings is 1. The number of furan rings is 1. The number of amides is 1. The molecule has 5 heterocycles. The maximum absolute atomic E-state index is 15.9. The van der Waals surface area contributed by atoms with Gasteiger partial charge in [-0.1, -0.05) is 18.2 Å². The van der Waals surface area contributed by atoms with Crippen molar-refractivity contribution in [1.82, 2.24) is 20.1 Å². The lowest BCUT2D eigenvalue weighted by Crippen LogP contribution is -2.42. The lowest BCUT2D eigenvalue weighted by atomic mass is 10.0. The van der Waals surface area contributed by atoms with Crippen LogP contribution in [0.3, 0.4) is 0 Å². The van der Waals surface area contributed by atoms with Crippen LogP contribution < -0.4 is 26.1 Å². The van der Waals surface area contributed by atoms with Crippen LogP contribution in [-0.2, 0) is 4.74 Å². The molecule has 5 aromatic rings. The minimum Gasteiger partial charge on any atom is -0.456 e. The third-order valence-corrected chi connectivity index (χ3v) is 9.14. The predicted octanol–water partition coefficient (Wildman–Crippen LogP) is 4.75. The number of carbonyl (C=O) groups is 1. The van der Waals surface area contributed by atoms with Crippen LogP contribution in [0.5, 0.6) is 11.5 Å². The molecule has 8 rings (SSSR count). The number of hydrogen-bond donors (Lipinski definition) is 3. The zero-order chi connectivity index (χ0) is 30.5. The van der Waals surface area contributed by atoms with Crippen LogP contribution >= 0.6 is 0 Å². The summed E-state index contributed by atoms with van der Waals surface area (Å²) in [6.07, 6.45) is 4.58. The third kappa shape index (κ3) is 5.01. The molecule has 3 aromatic carbocycles. The van der Waals surface area contributed by atoms with Gasteiger partial charge in [0.15, 0.2) is 17.3 Å². The highest BCUT2D eigenvalue weighted by Gasteiger charge is 2.30. The Morgan fingerprint density at radius 1 is 1.04 bits per heavy atom. The van der Waals surface area contributed by atoms with Crippen LogP contribution in [0.25, 0.3) is 38.5 Å². The van der Waals surface area contributed by atoms with E-state index in [1.807, 2.05) is 36.4 Å². The topological polar surface area (TPSA) is 110 Å². The zero-order valence-corrected chi connectivity index (χ0v) is 24.8. The number of anilines is 1. The van der Waals surface area contributed by atoms with E-state index in [0.29, 0.717) is 61.4 Å². The quantitative estimate of drug-likeness (QED) is 0.226. The number of nitrogens with zero attached hydrogens (tertiary/aromatic N) is 2. The number of morpholine rings is 1. The van der Waals surface area contributed by atoms with E-state index >= 15 is 4.39 Å². The van der Waals surface area contributed by atoms with Gasteiger partial charge in [-0.2, -0.15) is 0 Å². The van der Waals surface area contributed by atoms with Gasteiger partial charge in [0.1, 0.15) is 27.9 Å². The molecule has 1 unspecified atom stereocenters. The summed E-state index contributed by atoms with van der Waals surface area (Å²) in [5.74, 6) is -0.426. The molecule has 0 radical (unpaired) electrons. The maximum atomic E-state index is 15.9. The second kappa shape index (κ2) is 11.5. The average molecular weight is 612 g/mol. The number of nitrogens with one attached hydrogen (secondary N) is 3. The van der Waals surface area contributed by atoms with Crippen LogP contribution in [0.15, 0.2) is 57.9 Å². The largest absolute Gasteiger partial charge is 0.456 e. The Bertz CT molecular complexity index is 2010. The molecule has 10 nitrogen and oxygen atoms in total. The van der Waals surface area contributed by atoms with Gasteiger partial charge in [0.05, 0.1) is 24.3 Å². The van der Waals surface area contributed by atoms with Crippen LogP contribution in [0.2, 0.25) is 0 Å². The lowest BCUT2D eigenvalue weighted by molar-refractivity contribution is 0.0383. The van der Waals surface area contributed by atoms with Crippen molar-refractivity contribution in [2.75, 3.05) is 57.8 Å². The lowest BCUT2D eigenvalue weighted by Gasteiger charge is -2.27. The number of hydrogen-bond acceptors (Lipinski definition) is 8. The highest BCUT2D eigenvalue weighted by molar-refractivity contribution is 6.07. The van der Waals surface area contributed by atoms with Crippen molar-refractivity contribution in [1.29, 1.82) is 0 Å². The highest BCUT2D eigenvalue weighted by atomic mass is 19.1. The Morgan fingerprint density at radius 3 is 2.76 bits per heavy atom. The highest BCUT2D eigenvalue weighted by Crippen LogP contribution is 2.47. The van der Waals surface area contributed by atoms with E-state index in [1.54, 1.807) is 4.57 Å². The molecule has 45 heavy (non-hydrogen) atoms. The first-order chi connectivity index (χ1) is 22.0. The van der Waals surface area contributed by atoms with Crippen LogP contribution in [0, 0.1) is 5.82 Å². The number of aromatic nitrogens is 1. The van der Waals surface area contributed by atoms with E-state index < -0.39 is 17.2 Å². The van der Waals surface area contributed by atoms with Gasteiger partial charge in [0, 0.05) is 61.8 Å². The number of benzene rings is 3. The summed E-state index contributed by atoms with van der Waals surface area (Å²) in [6.45, 7) is 5.44. The molecule has 2 saturated heterocycles. The van der Waals surface area contributed by atoms with Gasteiger partial charge in [-0.25, -0.2) is 4.39 Å². The summed E-state index contributed by atoms with van der Waals surface area (Å²) in [4.78, 5) is 29.5. The SMILES string of the molecule is O=C(NCCN1CCOCC1)c1cn2c3c(c(NCCC4CCCN4)c(F)cc3c1=O)Oc1cc3c(cc1-2)oc1ccccc13. The van der Waals surface area contributed by atoms with E-state index in [4.69, 9.17) is 13.9 Å². The molecule has 232 valence electrons. The summed E-state index contributed by atoms with van der Waals surface area (Å²) >= 11 is 0. The molecule has 0 aliphatic carbocycles. The van der Waals surface area contributed by atoms with Gasteiger partial charge in [-0.15, -0.1) is 0 Å². The number of ether oxygens (including phenoxy) is 2. The van der Waals surface area contributed by atoms with E-state index in [1.165, 1.54) is 12.3 Å². The van der Waals surface area contributed by atoms with Gasteiger partial charge in [-0.05, 0) is 44.0 Å². The summed E-state index contributed by atoms with van der Waals surface area (Å²) in [6, 6.07) is 13.0. The van der Waals surface area contributed by atoms with Gasteiger partial charge in [0.2, 0.25) is 5.43 Å². The second-order valence-electron chi connectivity index (χ2n) is 11.9. The van der Waals surface area contributed by atoms with Crippen molar-refractivity contribution in [3.05, 3.63) is 70.3 Å². The number of halogens is 1. The monoisotopic (exact) mass is 611 g/mol. The van der Waals surface area contributed by atoms with Crippen LogP contribution in [0.4, 0.5) is 10.1 Å². The summed E-state index contributed by atoms with van der Waals surface area (Å²) in [5, 5.41) is 11.5. The fraction of sp³-hybridized carbons (Fsp3) is 0.353.